The van der Waals surface area contributed by atoms with Crippen molar-refractivity contribution in [2.45, 2.75) is 6.42 Å². The number of nitrogens with one attached hydrogen (secondary N) is 1. The molecule has 1 aromatic heterocycles. The number of methoxy groups -OCH3 is 1. The topological polar surface area (TPSA) is 59.2 Å². The Balaban J connectivity index is 2.69. The van der Waals surface area contributed by atoms with Crippen LogP contribution in [0.5, 0.6) is 0 Å². The van der Waals surface area contributed by atoms with Crippen LogP contribution in [0.25, 0.3) is 10.9 Å². The summed E-state index contributed by atoms with van der Waals surface area (Å²) in [5.74, 6) is -5.29. The highest BCUT2D eigenvalue weighted by Crippen LogP contribution is 2.19. The van der Waals surface area contributed by atoms with E-state index in [4.69, 9.17) is 0 Å². The predicted octanol–water partition coefficient (Wildman–Crippen LogP) is 1.66. The van der Waals surface area contributed by atoms with E-state index in [0.29, 0.717) is 6.07 Å². The molecule has 0 aliphatic rings. The number of halogens is 3. The molecule has 0 unspecified atom stereocenters. The average Bonchev–Trinajstić information content (AvgIpc) is 2.37. The van der Waals surface area contributed by atoms with Crippen LogP contribution in [0.3, 0.4) is 0 Å². The van der Waals surface area contributed by atoms with Crippen LogP contribution in [-0.2, 0) is 16.0 Å². The summed E-state index contributed by atoms with van der Waals surface area (Å²) in [6.07, 6.45) is -0.305. The highest BCUT2D eigenvalue weighted by Gasteiger charge is 2.17. The van der Waals surface area contributed by atoms with Crippen molar-refractivity contribution in [3.05, 3.63) is 45.5 Å². The molecule has 0 bridgehead atoms. The van der Waals surface area contributed by atoms with E-state index >= 15 is 0 Å². The lowest BCUT2D eigenvalue weighted by Crippen LogP contribution is -2.12. The van der Waals surface area contributed by atoms with Gasteiger partial charge in [-0.1, -0.05) is 0 Å². The number of pyridine rings is 1. The Morgan fingerprint density at radius 2 is 1.95 bits per heavy atom. The molecule has 7 heteroatoms. The number of aromatic amines is 1. The lowest BCUT2D eigenvalue weighted by Gasteiger charge is -2.05. The molecular weight excluding hydrogens is 263 g/mol. The van der Waals surface area contributed by atoms with E-state index in [2.05, 4.69) is 9.72 Å². The van der Waals surface area contributed by atoms with Crippen molar-refractivity contribution in [1.29, 1.82) is 0 Å². The highest BCUT2D eigenvalue weighted by atomic mass is 19.2. The van der Waals surface area contributed by atoms with E-state index in [9.17, 15) is 22.8 Å². The SMILES string of the molecule is COC(=O)Cc1cc(=O)c2cc(F)c(F)c(F)c2[nH]1. The van der Waals surface area contributed by atoms with Gasteiger partial charge in [0.1, 0.15) is 0 Å². The molecule has 1 heterocycles. The normalized spacial score (nSPS) is 10.7. The number of benzene rings is 1. The molecule has 0 saturated heterocycles. The molecule has 0 spiro atoms. The summed E-state index contributed by atoms with van der Waals surface area (Å²) in [4.78, 5) is 25.1. The van der Waals surface area contributed by atoms with Crippen LogP contribution in [0.15, 0.2) is 16.9 Å². The maximum absolute atomic E-state index is 13.5. The molecule has 0 amide bonds. The Labute approximate surface area is 104 Å². The van der Waals surface area contributed by atoms with Crippen molar-refractivity contribution < 1.29 is 22.7 Å². The zero-order valence-corrected chi connectivity index (χ0v) is 9.72. The van der Waals surface area contributed by atoms with Gasteiger partial charge in [-0.2, -0.15) is 0 Å². The Morgan fingerprint density at radius 1 is 1.26 bits per heavy atom. The molecule has 0 radical (unpaired) electrons. The number of carbonyl (C=O) groups is 1. The zero-order chi connectivity index (χ0) is 14.2. The lowest BCUT2D eigenvalue weighted by atomic mass is 10.1. The summed E-state index contributed by atoms with van der Waals surface area (Å²) in [7, 11) is 1.15. The van der Waals surface area contributed by atoms with Gasteiger partial charge in [0.25, 0.3) is 0 Å². The minimum absolute atomic E-state index is 0.0502. The number of ether oxygens (including phenoxy) is 1. The molecule has 4 nitrogen and oxygen atoms in total. The second kappa shape index (κ2) is 4.75. The maximum Gasteiger partial charge on any atom is 0.311 e. The van der Waals surface area contributed by atoms with Crippen LogP contribution in [0.4, 0.5) is 13.2 Å². The Morgan fingerprint density at radius 3 is 2.58 bits per heavy atom. The number of carbonyl (C=O) groups excluding carboxylic acids is 1. The van der Waals surface area contributed by atoms with Gasteiger partial charge >= 0.3 is 5.97 Å². The van der Waals surface area contributed by atoms with Crippen LogP contribution < -0.4 is 5.43 Å². The highest BCUT2D eigenvalue weighted by molar-refractivity contribution is 5.80. The fourth-order valence-corrected chi connectivity index (χ4v) is 1.67. The zero-order valence-electron chi connectivity index (χ0n) is 9.72. The van der Waals surface area contributed by atoms with Gasteiger partial charge in [0.2, 0.25) is 0 Å². The summed E-state index contributed by atoms with van der Waals surface area (Å²) in [5.41, 5.74) is -1.15. The Kier molecular flexibility index (Phi) is 3.28. The summed E-state index contributed by atoms with van der Waals surface area (Å²) < 4.78 is 44.0. The third-order valence-electron chi connectivity index (χ3n) is 2.58. The molecule has 1 aromatic carbocycles. The molecule has 0 atom stereocenters. The first-order valence-electron chi connectivity index (χ1n) is 5.20. The van der Waals surface area contributed by atoms with Gasteiger partial charge in [0.15, 0.2) is 22.9 Å². The molecule has 0 aliphatic carbocycles. The number of hydrogen-bond donors (Lipinski definition) is 1. The number of rotatable bonds is 2. The quantitative estimate of drug-likeness (QED) is 0.667. The lowest BCUT2D eigenvalue weighted by molar-refractivity contribution is -0.139. The van der Waals surface area contributed by atoms with E-state index in [1.165, 1.54) is 0 Å². The van der Waals surface area contributed by atoms with Crippen molar-refractivity contribution >= 4 is 16.9 Å². The summed E-state index contributed by atoms with van der Waals surface area (Å²) in [6, 6.07) is 1.62. The molecule has 100 valence electrons. The fraction of sp³-hybridized carbons (Fsp3) is 0.167. The number of H-pyrrole nitrogens is 1. The first kappa shape index (κ1) is 13.1. The molecular formula is C12H8F3NO3. The summed E-state index contributed by atoms with van der Waals surface area (Å²) >= 11 is 0. The maximum atomic E-state index is 13.5. The molecule has 19 heavy (non-hydrogen) atoms. The molecule has 1 N–H and O–H groups in total. The summed E-state index contributed by atoms with van der Waals surface area (Å²) in [6.45, 7) is 0. The number of aromatic nitrogens is 1. The van der Waals surface area contributed by atoms with Gasteiger partial charge in [0.05, 0.1) is 24.4 Å². The number of fused-ring (bicyclic) bond motifs is 1. The van der Waals surface area contributed by atoms with E-state index in [0.717, 1.165) is 13.2 Å². The molecule has 0 fully saturated rings. The van der Waals surface area contributed by atoms with Crippen molar-refractivity contribution in [3.63, 3.8) is 0 Å². The van der Waals surface area contributed by atoms with Crippen LogP contribution in [-0.4, -0.2) is 18.1 Å². The van der Waals surface area contributed by atoms with E-state index in [1.807, 2.05) is 0 Å². The van der Waals surface area contributed by atoms with Gasteiger partial charge < -0.3 is 9.72 Å². The van der Waals surface area contributed by atoms with Crippen molar-refractivity contribution in [2.24, 2.45) is 0 Å². The molecule has 2 rings (SSSR count). The van der Waals surface area contributed by atoms with Crippen LogP contribution in [0, 0.1) is 17.5 Å². The van der Waals surface area contributed by atoms with E-state index in [-0.39, 0.29) is 17.5 Å². The largest absolute Gasteiger partial charge is 0.469 e. The molecule has 0 aliphatic heterocycles. The second-order valence-electron chi connectivity index (χ2n) is 3.82. The van der Waals surface area contributed by atoms with Crippen LogP contribution in [0.2, 0.25) is 0 Å². The molecule has 0 saturated carbocycles. The minimum atomic E-state index is -1.68. The van der Waals surface area contributed by atoms with Gasteiger partial charge in [-0.25, -0.2) is 13.2 Å². The Bertz CT molecular complexity index is 724. The minimum Gasteiger partial charge on any atom is -0.469 e. The van der Waals surface area contributed by atoms with Crippen LogP contribution >= 0.6 is 0 Å². The third kappa shape index (κ3) is 2.31. The first-order valence-corrected chi connectivity index (χ1v) is 5.20. The second-order valence-corrected chi connectivity index (χ2v) is 3.82. The standard InChI is InChI=1S/C12H8F3NO3/c1-19-9(18)3-5-2-8(17)6-4-7(13)10(14)11(15)12(6)16-5/h2,4H,3H2,1H3,(H,16,17). The van der Waals surface area contributed by atoms with E-state index < -0.39 is 34.4 Å². The molecule has 2 aromatic rings. The van der Waals surface area contributed by atoms with Gasteiger partial charge in [-0.3, -0.25) is 9.59 Å². The van der Waals surface area contributed by atoms with Crippen molar-refractivity contribution in [3.8, 4) is 0 Å². The number of esters is 1. The monoisotopic (exact) mass is 271 g/mol. The predicted molar refractivity (Wildman–Crippen MR) is 60.2 cm³/mol. The summed E-state index contributed by atoms with van der Waals surface area (Å²) in [5, 5.41) is -0.329. The average molecular weight is 271 g/mol. The van der Waals surface area contributed by atoms with Gasteiger partial charge in [0, 0.05) is 11.8 Å². The van der Waals surface area contributed by atoms with Crippen LogP contribution in [0.1, 0.15) is 5.69 Å². The third-order valence-corrected chi connectivity index (χ3v) is 2.58. The Hall–Kier alpha value is -2.31. The fourth-order valence-electron chi connectivity index (χ4n) is 1.67. The van der Waals surface area contributed by atoms with Crippen molar-refractivity contribution in [1.82, 2.24) is 4.98 Å². The first-order chi connectivity index (χ1) is 8.93. The van der Waals surface area contributed by atoms with Gasteiger partial charge in [-0.15, -0.1) is 0 Å². The van der Waals surface area contributed by atoms with E-state index in [1.54, 1.807) is 0 Å². The number of hydrogen-bond acceptors (Lipinski definition) is 3. The van der Waals surface area contributed by atoms with Gasteiger partial charge in [-0.05, 0) is 6.07 Å². The smallest absolute Gasteiger partial charge is 0.311 e. The van der Waals surface area contributed by atoms with Crippen molar-refractivity contribution in [2.75, 3.05) is 7.11 Å².